The number of carbonyl (C=O) groups is 1. The Morgan fingerprint density at radius 3 is 2.35 bits per heavy atom. The quantitative estimate of drug-likeness (QED) is 0.634. The van der Waals surface area contributed by atoms with Crippen molar-refractivity contribution in [2.24, 2.45) is 0 Å². The summed E-state index contributed by atoms with van der Waals surface area (Å²) in [5.41, 5.74) is 1.18. The molecule has 8 nitrogen and oxygen atoms in total. The first-order chi connectivity index (χ1) is 14.7. The van der Waals surface area contributed by atoms with E-state index >= 15 is 0 Å². The number of nitrogens with one attached hydrogen (secondary N) is 1. The standard InChI is InChI=1S/C22H28N2O6S/c1-15(2)30-20-9-7-16(12-21(20)29-4)14-23-31(26,27)17-8-10-19(28-3)18(13-17)24-11-5-6-22(24)25/h7-10,12-13,15,23H,5-6,11,14H2,1-4H3. The molecule has 1 saturated heterocycles. The van der Waals surface area contributed by atoms with Crippen molar-refractivity contribution < 1.29 is 27.4 Å². The van der Waals surface area contributed by atoms with Crippen molar-refractivity contribution in [2.45, 2.75) is 44.2 Å². The van der Waals surface area contributed by atoms with Gasteiger partial charge in [-0.25, -0.2) is 13.1 Å². The highest BCUT2D eigenvalue weighted by Gasteiger charge is 2.26. The Labute approximate surface area is 183 Å². The molecule has 0 aromatic heterocycles. The first-order valence-corrected chi connectivity index (χ1v) is 11.5. The van der Waals surface area contributed by atoms with Gasteiger partial charge in [0, 0.05) is 19.5 Å². The van der Waals surface area contributed by atoms with Crippen LogP contribution in [0.3, 0.4) is 0 Å². The summed E-state index contributed by atoms with van der Waals surface area (Å²) in [7, 11) is -0.789. The van der Waals surface area contributed by atoms with Gasteiger partial charge in [-0.05, 0) is 56.2 Å². The van der Waals surface area contributed by atoms with E-state index in [2.05, 4.69) is 4.72 Å². The number of rotatable bonds is 9. The average Bonchev–Trinajstić information content (AvgIpc) is 3.17. The minimum atomic E-state index is -3.82. The second-order valence-corrected chi connectivity index (χ2v) is 9.23. The Hall–Kier alpha value is -2.78. The Bertz CT molecular complexity index is 1050. The van der Waals surface area contributed by atoms with Crippen LogP contribution in [0, 0.1) is 0 Å². The minimum absolute atomic E-state index is 0.00925. The van der Waals surface area contributed by atoms with Crippen LogP contribution in [0.2, 0.25) is 0 Å². The molecule has 0 atom stereocenters. The van der Waals surface area contributed by atoms with Crippen LogP contribution in [0.25, 0.3) is 0 Å². The van der Waals surface area contributed by atoms with E-state index in [1.54, 1.807) is 29.2 Å². The van der Waals surface area contributed by atoms with Gasteiger partial charge in [-0.3, -0.25) is 4.79 Å². The fourth-order valence-electron chi connectivity index (χ4n) is 3.39. The molecule has 0 aliphatic carbocycles. The molecule has 1 heterocycles. The zero-order chi connectivity index (χ0) is 22.6. The Kier molecular flexibility index (Phi) is 7.07. The van der Waals surface area contributed by atoms with Crippen molar-refractivity contribution in [3.63, 3.8) is 0 Å². The molecule has 1 fully saturated rings. The van der Waals surface area contributed by atoms with E-state index < -0.39 is 10.0 Å². The average molecular weight is 449 g/mol. The number of anilines is 1. The highest BCUT2D eigenvalue weighted by Crippen LogP contribution is 2.34. The molecular weight excluding hydrogens is 420 g/mol. The minimum Gasteiger partial charge on any atom is -0.495 e. The van der Waals surface area contributed by atoms with E-state index in [1.165, 1.54) is 26.4 Å². The lowest BCUT2D eigenvalue weighted by molar-refractivity contribution is -0.117. The number of ether oxygens (including phenoxy) is 3. The number of hydrogen-bond donors (Lipinski definition) is 1. The smallest absolute Gasteiger partial charge is 0.240 e. The predicted octanol–water partition coefficient (Wildman–Crippen LogP) is 3.10. The maximum absolute atomic E-state index is 12.9. The van der Waals surface area contributed by atoms with Gasteiger partial charge in [0.25, 0.3) is 0 Å². The number of amides is 1. The molecule has 3 rings (SSSR count). The summed E-state index contributed by atoms with van der Waals surface area (Å²) in [6.07, 6.45) is 1.16. The van der Waals surface area contributed by atoms with Crippen molar-refractivity contribution in [3.05, 3.63) is 42.0 Å². The van der Waals surface area contributed by atoms with Crippen LogP contribution in [-0.2, 0) is 21.4 Å². The number of methoxy groups -OCH3 is 2. The fourth-order valence-corrected chi connectivity index (χ4v) is 4.42. The highest BCUT2D eigenvalue weighted by atomic mass is 32.2. The third kappa shape index (κ3) is 5.29. The van der Waals surface area contributed by atoms with Crippen LogP contribution in [0.4, 0.5) is 5.69 Å². The fraction of sp³-hybridized carbons (Fsp3) is 0.409. The van der Waals surface area contributed by atoms with Gasteiger partial charge in [0.05, 0.1) is 30.9 Å². The molecular formula is C22H28N2O6S. The van der Waals surface area contributed by atoms with Gasteiger partial charge in [-0.2, -0.15) is 0 Å². The molecule has 2 aromatic rings. The number of sulfonamides is 1. The monoisotopic (exact) mass is 448 g/mol. The van der Waals surface area contributed by atoms with Crippen molar-refractivity contribution in [2.75, 3.05) is 25.7 Å². The predicted molar refractivity (Wildman–Crippen MR) is 117 cm³/mol. The van der Waals surface area contributed by atoms with Gasteiger partial charge in [0.15, 0.2) is 11.5 Å². The number of carbonyl (C=O) groups excluding carboxylic acids is 1. The summed E-state index contributed by atoms with van der Waals surface area (Å²) in [5.74, 6) is 1.54. The zero-order valence-electron chi connectivity index (χ0n) is 18.2. The van der Waals surface area contributed by atoms with E-state index in [0.717, 1.165) is 12.0 Å². The second-order valence-electron chi connectivity index (χ2n) is 7.46. The van der Waals surface area contributed by atoms with Gasteiger partial charge in [-0.15, -0.1) is 0 Å². The van der Waals surface area contributed by atoms with Gasteiger partial charge in [-0.1, -0.05) is 6.07 Å². The van der Waals surface area contributed by atoms with Crippen LogP contribution in [0.5, 0.6) is 17.2 Å². The summed E-state index contributed by atoms with van der Waals surface area (Å²) < 4.78 is 44.8. The number of hydrogen-bond acceptors (Lipinski definition) is 6. The Balaban J connectivity index is 1.80. The van der Waals surface area contributed by atoms with Gasteiger partial charge >= 0.3 is 0 Å². The molecule has 1 aliphatic heterocycles. The normalized spacial score (nSPS) is 14.2. The topological polar surface area (TPSA) is 94.2 Å². The van der Waals surface area contributed by atoms with Crippen molar-refractivity contribution >= 4 is 21.6 Å². The molecule has 1 N–H and O–H groups in total. The van der Waals surface area contributed by atoms with E-state index in [1.807, 2.05) is 13.8 Å². The van der Waals surface area contributed by atoms with Crippen molar-refractivity contribution in [3.8, 4) is 17.2 Å². The molecule has 31 heavy (non-hydrogen) atoms. The molecule has 1 aliphatic rings. The molecule has 0 radical (unpaired) electrons. The molecule has 2 aromatic carbocycles. The van der Waals surface area contributed by atoms with Crippen molar-refractivity contribution in [1.82, 2.24) is 4.72 Å². The Morgan fingerprint density at radius 1 is 1.03 bits per heavy atom. The first kappa shape index (κ1) is 22.9. The van der Waals surface area contributed by atoms with Crippen LogP contribution >= 0.6 is 0 Å². The number of benzene rings is 2. The maximum atomic E-state index is 12.9. The van der Waals surface area contributed by atoms with Crippen molar-refractivity contribution in [1.29, 1.82) is 0 Å². The molecule has 9 heteroatoms. The molecule has 168 valence electrons. The van der Waals surface area contributed by atoms with Gasteiger partial charge < -0.3 is 19.1 Å². The molecule has 0 unspecified atom stereocenters. The molecule has 0 saturated carbocycles. The van der Waals surface area contributed by atoms with E-state index in [9.17, 15) is 13.2 Å². The molecule has 1 amide bonds. The molecule has 0 spiro atoms. The summed E-state index contributed by atoms with van der Waals surface area (Å²) >= 11 is 0. The largest absolute Gasteiger partial charge is 0.495 e. The lowest BCUT2D eigenvalue weighted by Gasteiger charge is -2.20. The summed E-state index contributed by atoms with van der Waals surface area (Å²) in [4.78, 5) is 13.8. The highest BCUT2D eigenvalue weighted by molar-refractivity contribution is 7.89. The van der Waals surface area contributed by atoms with Crippen LogP contribution in [0.1, 0.15) is 32.3 Å². The summed E-state index contributed by atoms with van der Waals surface area (Å²) in [6.45, 7) is 4.45. The summed E-state index contributed by atoms with van der Waals surface area (Å²) in [5, 5.41) is 0. The van der Waals surface area contributed by atoms with Gasteiger partial charge in [0.2, 0.25) is 15.9 Å². The first-order valence-electron chi connectivity index (χ1n) is 10.1. The van der Waals surface area contributed by atoms with E-state index in [-0.39, 0.29) is 23.5 Å². The van der Waals surface area contributed by atoms with E-state index in [0.29, 0.717) is 35.9 Å². The Morgan fingerprint density at radius 2 is 1.74 bits per heavy atom. The zero-order valence-corrected chi connectivity index (χ0v) is 19.0. The van der Waals surface area contributed by atoms with E-state index in [4.69, 9.17) is 14.2 Å². The lowest BCUT2D eigenvalue weighted by atomic mass is 10.2. The lowest BCUT2D eigenvalue weighted by Crippen LogP contribution is -2.26. The third-order valence-corrected chi connectivity index (χ3v) is 6.28. The van der Waals surface area contributed by atoms with Crippen LogP contribution in [-0.4, -0.2) is 41.2 Å². The third-order valence-electron chi connectivity index (χ3n) is 4.88. The maximum Gasteiger partial charge on any atom is 0.240 e. The van der Waals surface area contributed by atoms with Gasteiger partial charge in [0.1, 0.15) is 5.75 Å². The van der Waals surface area contributed by atoms with Crippen LogP contribution < -0.4 is 23.8 Å². The SMILES string of the molecule is COc1cc(CNS(=O)(=O)c2ccc(OC)c(N3CCCC3=O)c2)ccc1OC(C)C. The second kappa shape index (κ2) is 9.57. The number of nitrogens with zero attached hydrogens (tertiary/aromatic N) is 1. The molecule has 0 bridgehead atoms. The van der Waals surface area contributed by atoms with Crippen LogP contribution in [0.15, 0.2) is 41.3 Å². The summed E-state index contributed by atoms with van der Waals surface area (Å²) in [6, 6.07) is 9.78.